The molecule has 1 amide bonds. The first kappa shape index (κ1) is 14.2. The van der Waals surface area contributed by atoms with Crippen LogP contribution in [0.4, 0.5) is 13.2 Å². The summed E-state index contributed by atoms with van der Waals surface area (Å²) in [5.41, 5.74) is 3.78. The van der Waals surface area contributed by atoms with Gasteiger partial charge in [-0.1, -0.05) is 13.8 Å². The summed E-state index contributed by atoms with van der Waals surface area (Å²) in [4.78, 5) is 11.1. The maximum absolute atomic E-state index is 12.0. The maximum Gasteiger partial charge on any atom is 0.401 e. The first-order valence-electron chi connectivity index (χ1n) is 4.68. The molecule has 0 aromatic rings. The van der Waals surface area contributed by atoms with Gasteiger partial charge in [0, 0.05) is 0 Å². The van der Waals surface area contributed by atoms with E-state index in [0.717, 1.165) is 0 Å². The number of amides is 1. The average Bonchev–Trinajstić information content (AvgIpc) is 1.98. The van der Waals surface area contributed by atoms with Crippen molar-refractivity contribution in [2.45, 2.75) is 38.9 Å². The largest absolute Gasteiger partial charge is 0.401 e. The number of primary amides is 1. The first-order valence-corrected chi connectivity index (χ1v) is 4.68. The van der Waals surface area contributed by atoms with E-state index in [1.807, 2.05) is 13.8 Å². The van der Waals surface area contributed by atoms with Crippen LogP contribution < -0.4 is 11.1 Å². The summed E-state index contributed by atoms with van der Waals surface area (Å²) in [7, 11) is 0. The molecule has 90 valence electrons. The van der Waals surface area contributed by atoms with Crippen LogP contribution in [0.3, 0.4) is 0 Å². The Balaban J connectivity index is 4.46. The van der Waals surface area contributed by atoms with Crippen LogP contribution in [0, 0.1) is 5.92 Å². The van der Waals surface area contributed by atoms with E-state index in [1.165, 1.54) is 6.92 Å². The van der Waals surface area contributed by atoms with Crippen molar-refractivity contribution >= 4 is 5.91 Å². The molecule has 0 heterocycles. The molecular formula is C9H17F3N2O. The Bertz CT molecular complexity index is 228. The van der Waals surface area contributed by atoms with Crippen LogP contribution in [0.25, 0.3) is 0 Å². The predicted molar refractivity (Wildman–Crippen MR) is 51.1 cm³/mol. The number of halogens is 3. The summed E-state index contributed by atoms with van der Waals surface area (Å²) < 4.78 is 35.9. The molecule has 0 rings (SSSR count). The van der Waals surface area contributed by atoms with E-state index in [9.17, 15) is 18.0 Å². The lowest BCUT2D eigenvalue weighted by molar-refractivity contribution is -0.136. The second-order valence-corrected chi connectivity index (χ2v) is 4.26. The van der Waals surface area contributed by atoms with E-state index in [-0.39, 0.29) is 12.3 Å². The van der Waals surface area contributed by atoms with E-state index in [0.29, 0.717) is 0 Å². The van der Waals surface area contributed by atoms with Crippen molar-refractivity contribution in [2.24, 2.45) is 11.7 Å². The van der Waals surface area contributed by atoms with Crippen LogP contribution in [-0.4, -0.2) is 24.2 Å². The molecule has 1 atom stereocenters. The first-order chi connectivity index (χ1) is 6.57. The summed E-state index contributed by atoms with van der Waals surface area (Å²) in [5, 5.41) is 2.17. The standard InChI is InChI=1S/C9H17F3N2O/c1-6(2)4-8(3,7(13)15)14-5-9(10,11)12/h6,14H,4-5H2,1-3H3,(H2,13,15). The van der Waals surface area contributed by atoms with Crippen molar-refractivity contribution in [2.75, 3.05) is 6.54 Å². The smallest absolute Gasteiger partial charge is 0.368 e. The third kappa shape index (κ3) is 5.61. The minimum Gasteiger partial charge on any atom is -0.368 e. The van der Waals surface area contributed by atoms with Crippen molar-refractivity contribution < 1.29 is 18.0 Å². The van der Waals surface area contributed by atoms with Crippen LogP contribution in [0.15, 0.2) is 0 Å². The molecule has 0 aromatic carbocycles. The summed E-state index contributed by atoms with van der Waals surface area (Å²) in [6.45, 7) is 3.81. The molecule has 3 N–H and O–H groups in total. The fourth-order valence-electron chi connectivity index (χ4n) is 1.37. The molecule has 0 aliphatic heterocycles. The van der Waals surface area contributed by atoms with Crippen molar-refractivity contribution in [3.63, 3.8) is 0 Å². The van der Waals surface area contributed by atoms with Gasteiger partial charge in [-0.2, -0.15) is 13.2 Å². The lowest BCUT2D eigenvalue weighted by Gasteiger charge is -2.29. The summed E-state index contributed by atoms with van der Waals surface area (Å²) in [6.07, 6.45) is -4.06. The molecule has 0 aliphatic carbocycles. The molecule has 3 nitrogen and oxygen atoms in total. The number of carbonyl (C=O) groups is 1. The molecule has 0 aliphatic rings. The highest BCUT2D eigenvalue weighted by atomic mass is 19.4. The average molecular weight is 226 g/mol. The predicted octanol–water partition coefficient (Wildman–Crippen LogP) is 1.43. The lowest BCUT2D eigenvalue weighted by Crippen LogP contribution is -2.56. The zero-order valence-corrected chi connectivity index (χ0v) is 9.11. The number of nitrogens with one attached hydrogen (secondary N) is 1. The SMILES string of the molecule is CC(C)CC(C)(NCC(F)(F)F)C(N)=O. The molecule has 0 aromatic heterocycles. The third-order valence-electron chi connectivity index (χ3n) is 2.04. The van der Waals surface area contributed by atoms with Crippen LogP contribution in [0.2, 0.25) is 0 Å². The molecule has 0 radical (unpaired) electrons. The number of hydrogen-bond acceptors (Lipinski definition) is 2. The number of hydrogen-bond donors (Lipinski definition) is 2. The number of alkyl halides is 3. The van der Waals surface area contributed by atoms with Crippen LogP contribution in [0.5, 0.6) is 0 Å². The van der Waals surface area contributed by atoms with E-state index in [2.05, 4.69) is 5.32 Å². The minimum atomic E-state index is -4.34. The Morgan fingerprint density at radius 3 is 2.13 bits per heavy atom. The summed E-state index contributed by atoms with van der Waals surface area (Å²) >= 11 is 0. The van der Waals surface area contributed by atoms with Gasteiger partial charge in [-0.25, -0.2) is 0 Å². The molecule has 0 spiro atoms. The Kier molecular flexibility index (Phi) is 4.58. The van der Waals surface area contributed by atoms with Crippen molar-refractivity contribution in [1.29, 1.82) is 0 Å². The Labute approximate surface area is 87.2 Å². The van der Waals surface area contributed by atoms with Gasteiger partial charge in [0.15, 0.2) is 0 Å². The highest BCUT2D eigenvalue weighted by Gasteiger charge is 2.36. The van der Waals surface area contributed by atoms with Gasteiger partial charge in [0.05, 0.1) is 12.1 Å². The zero-order valence-electron chi connectivity index (χ0n) is 9.11. The number of carbonyl (C=O) groups excluding carboxylic acids is 1. The van der Waals surface area contributed by atoms with Crippen molar-refractivity contribution in [1.82, 2.24) is 5.32 Å². The van der Waals surface area contributed by atoms with Gasteiger partial charge in [-0.15, -0.1) is 0 Å². The number of nitrogens with two attached hydrogens (primary N) is 1. The molecular weight excluding hydrogens is 209 g/mol. The molecule has 0 saturated carbocycles. The van der Waals surface area contributed by atoms with E-state index < -0.39 is 24.2 Å². The Hall–Kier alpha value is -0.780. The monoisotopic (exact) mass is 226 g/mol. The highest BCUT2D eigenvalue weighted by molar-refractivity contribution is 5.84. The quantitative estimate of drug-likeness (QED) is 0.745. The topological polar surface area (TPSA) is 55.1 Å². The van der Waals surface area contributed by atoms with Crippen LogP contribution >= 0.6 is 0 Å². The third-order valence-corrected chi connectivity index (χ3v) is 2.04. The lowest BCUT2D eigenvalue weighted by atomic mass is 9.90. The fraction of sp³-hybridized carbons (Fsp3) is 0.889. The van der Waals surface area contributed by atoms with Gasteiger partial charge in [0.1, 0.15) is 0 Å². The molecule has 0 bridgehead atoms. The fourth-order valence-corrected chi connectivity index (χ4v) is 1.37. The second-order valence-electron chi connectivity index (χ2n) is 4.26. The highest BCUT2D eigenvalue weighted by Crippen LogP contribution is 2.19. The molecule has 6 heteroatoms. The minimum absolute atomic E-state index is 0.0863. The normalized spacial score (nSPS) is 16.5. The Morgan fingerprint density at radius 2 is 1.87 bits per heavy atom. The van der Waals surface area contributed by atoms with Gasteiger partial charge in [0.2, 0.25) is 5.91 Å². The second kappa shape index (κ2) is 4.83. The number of rotatable bonds is 5. The zero-order chi connectivity index (χ0) is 12.3. The van der Waals surface area contributed by atoms with Gasteiger partial charge in [0.25, 0.3) is 0 Å². The van der Waals surface area contributed by atoms with Crippen LogP contribution in [0.1, 0.15) is 27.2 Å². The summed E-state index contributed by atoms with van der Waals surface area (Å²) in [5.74, 6) is -0.677. The molecule has 0 fully saturated rings. The Morgan fingerprint density at radius 1 is 1.40 bits per heavy atom. The molecule has 0 saturated heterocycles. The van der Waals surface area contributed by atoms with Crippen molar-refractivity contribution in [3.8, 4) is 0 Å². The summed E-state index contributed by atoms with van der Waals surface area (Å²) in [6, 6.07) is 0. The molecule has 1 unspecified atom stereocenters. The molecule has 15 heavy (non-hydrogen) atoms. The van der Waals surface area contributed by atoms with E-state index in [4.69, 9.17) is 5.73 Å². The van der Waals surface area contributed by atoms with Crippen LogP contribution in [-0.2, 0) is 4.79 Å². The van der Waals surface area contributed by atoms with Gasteiger partial charge in [-0.05, 0) is 19.3 Å². The van der Waals surface area contributed by atoms with Gasteiger partial charge >= 0.3 is 6.18 Å². The van der Waals surface area contributed by atoms with E-state index >= 15 is 0 Å². The van der Waals surface area contributed by atoms with Gasteiger partial charge in [-0.3, -0.25) is 10.1 Å². The van der Waals surface area contributed by atoms with Crippen molar-refractivity contribution in [3.05, 3.63) is 0 Å². The van der Waals surface area contributed by atoms with Gasteiger partial charge < -0.3 is 5.73 Å². The van der Waals surface area contributed by atoms with E-state index in [1.54, 1.807) is 0 Å². The maximum atomic E-state index is 12.0.